The van der Waals surface area contributed by atoms with E-state index in [2.05, 4.69) is 15.3 Å². The summed E-state index contributed by atoms with van der Waals surface area (Å²) in [7, 11) is 3.09. The molecule has 0 fully saturated rings. The van der Waals surface area contributed by atoms with E-state index in [0.717, 1.165) is 5.56 Å². The number of thioether (sulfide) groups is 1. The van der Waals surface area contributed by atoms with Gasteiger partial charge in [0.25, 0.3) is 5.56 Å². The SMILES string of the molecule is CCC(Sc1nc(-c2ccccc2)cc(=O)[nH]1)C(=O)Nc1cc(OC)ccc1OC. The highest BCUT2D eigenvalue weighted by Crippen LogP contribution is 2.31. The number of carbonyl (C=O) groups is 1. The summed E-state index contributed by atoms with van der Waals surface area (Å²) < 4.78 is 10.5. The highest BCUT2D eigenvalue weighted by Gasteiger charge is 2.21. The van der Waals surface area contributed by atoms with Gasteiger partial charge in [-0.15, -0.1) is 0 Å². The first kappa shape index (κ1) is 21.4. The van der Waals surface area contributed by atoms with Gasteiger partial charge in [-0.2, -0.15) is 0 Å². The van der Waals surface area contributed by atoms with Crippen LogP contribution in [-0.2, 0) is 4.79 Å². The average molecular weight is 426 g/mol. The molecule has 0 aliphatic heterocycles. The lowest BCUT2D eigenvalue weighted by Crippen LogP contribution is -2.25. The molecule has 8 heteroatoms. The Balaban J connectivity index is 1.81. The standard InChI is InChI=1S/C22H23N3O4S/c1-4-19(21(27)23-17-12-15(28-2)10-11-18(17)29-3)30-22-24-16(13-20(26)25-22)14-8-6-5-7-9-14/h5-13,19H,4H2,1-3H3,(H,23,27)(H,24,25,26). The summed E-state index contributed by atoms with van der Waals surface area (Å²) in [6.07, 6.45) is 0.544. The number of benzene rings is 2. The predicted octanol–water partition coefficient (Wildman–Crippen LogP) is 3.96. The van der Waals surface area contributed by atoms with Crippen molar-refractivity contribution in [2.24, 2.45) is 0 Å². The van der Waals surface area contributed by atoms with Crippen LogP contribution < -0.4 is 20.3 Å². The van der Waals surface area contributed by atoms with Crippen LogP contribution in [0.2, 0.25) is 0 Å². The maximum Gasteiger partial charge on any atom is 0.252 e. The summed E-state index contributed by atoms with van der Waals surface area (Å²) in [5.74, 6) is 0.914. The van der Waals surface area contributed by atoms with Crippen molar-refractivity contribution in [3.05, 3.63) is 65.0 Å². The molecule has 0 saturated carbocycles. The summed E-state index contributed by atoms with van der Waals surface area (Å²) in [6, 6.07) is 16.1. The van der Waals surface area contributed by atoms with E-state index in [1.54, 1.807) is 25.3 Å². The number of aromatic nitrogens is 2. The van der Waals surface area contributed by atoms with Crippen molar-refractivity contribution in [1.82, 2.24) is 9.97 Å². The van der Waals surface area contributed by atoms with Gasteiger partial charge in [0.1, 0.15) is 11.5 Å². The van der Waals surface area contributed by atoms with Crippen molar-refractivity contribution in [1.29, 1.82) is 0 Å². The molecule has 2 N–H and O–H groups in total. The number of hydrogen-bond acceptors (Lipinski definition) is 6. The molecule has 1 atom stereocenters. The number of nitrogens with one attached hydrogen (secondary N) is 2. The second-order valence-electron chi connectivity index (χ2n) is 6.37. The van der Waals surface area contributed by atoms with Gasteiger partial charge in [-0.25, -0.2) is 4.98 Å². The van der Waals surface area contributed by atoms with Crippen LogP contribution in [0, 0.1) is 0 Å². The molecule has 0 bridgehead atoms. The first-order valence-electron chi connectivity index (χ1n) is 9.40. The molecule has 0 spiro atoms. The third-order valence-corrected chi connectivity index (χ3v) is 5.62. The molecule has 3 rings (SSSR count). The number of nitrogens with zero attached hydrogens (tertiary/aromatic N) is 1. The molecular formula is C22H23N3O4S. The Morgan fingerprint density at radius 3 is 2.57 bits per heavy atom. The van der Waals surface area contributed by atoms with E-state index in [4.69, 9.17) is 9.47 Å². The zero-order valence-corrected chi connectivity index (χ0v) is 17.8. The number of ether oxygens (including phenoxy) is 2. The van der Waals surface area contributed by atoms with E-state index >= 15 is 0 Å². The van der Waals surface area contributed by atoms with Crippen molar-refractivity contribution in [2.75, 3.05) is 19.5 Å². The van der Waals surface area contributed by atoms with Gasteiger partial charge < -0.3 is 19.8 Å². The van der Waals surface area contributed by atoms with Gasteiger partial charge in [-0.3, -0.25) is 9.59 Å². The van der Waals surface area contributed by atoms with Gasteiger partial charge in [0.05, 0.1) is 30.9 Å². The summed E-state index contributed by atoms with van der Waals surface area (Å²) in [6.45, 7) is 1.90. The largest absolute Gasteiger partial charge is 0.497 e. The van der Waals surface area contributed by atoms with Gasteiger partial charge in [-0.1, -0.05) is 49.0 Å². The van der Waals surface area contributed by atoms with E-state index in [0.29, 0.717) is 34.5 Å². The fraction of sp³-hybridized carbons (Fsp3) is 0.227. The van der Waals surface area contributed by atoms with Crippen molar-refractivity contribution >= 4 is 23.4 Å². The van der Waals surface area contributed by atoms with E-state index in [-0.39, 0.29) is 11.5 Å². The molecule has 0 saturated heterocycles. The number of carbonyl (C=O) groups excluding carboxylic acids is 1. The average Bonchev–Trinajstić information content (AvgIpc) is 2.77. The second kappa shape index (κ2) is 9.98. The van der Waals surface area contributed by atoms with Crippen LogP contribution in [0.15, 0.2) is 64.5 Å². The Kier molecular flexibility index (Phi) is 7.13. The lowest BCUT2D eigenvalue weighted by atomic mass is 10.1. The van der Waals surface area contributed by atoms with Crippen LogP contribution in [0.25, 0.3) is 11.3 Å². The van der Waals surface area contributed by atoms with Crippen LogP contribution in [0.1, 0.15) is 13.3 Å². The minimum Gasteiger partial charge on any atom is -0.497 e. The molecule has 7 nitrogen and oxygen atoms in total. The van der Waals surface area contributed by atoms with Gasteiger partial charge >= 0.3 is 0 Å². The molecule has 30 heavy (non-hydrogen) atoms. The molecule has 1 unspecified atom stereocenters. The fourth-order valence-corrected chi connectivity index (χ4v) is 3.74. The smallest absolute Gasteiger partial charge is 0.252 e. The Hall–Kier alpha value is -3.26. The second-order valence-corrected chi connectivity index (χ2v) is 7.56. The third-order valence-electron chi connectivity index (χ3n) is 4.37. The molecule has 156 valence electrons. The quantitative estimate of drug-likeness (QED) is 0.419. The number of amides is 1. The lowest BCUT2D eigenvalue weighted by molar-refractivity contribution is -0.115. The number of methoxy groups -OCH3 is 2. The minimum atomic E-state index is -0.463. The minimum absolute atomic E-state index is 0.221. The molecule has 1 aromatic heterocycles. The monoisotopic (exact) mass is 425 g/mol. The normalized spacial score (nSPS) is 11.6. The molecule has 0 aliphatic rings. The molecule has 1 amide bonds. The number of anilines is 1. The van der Waals surface area contributed by atoms with Crippen LogP contribution in [-0.4, -0.2) is 35.3 Å². The van der Waals surface area contributed by atoms with Crippen LogP contribution >= 0.6 is 11.8 Å². The van der Waals surface area contributed by atoms with Gasteiger partial charge in [-0.05, 0) is 18.6 Å². The number of H-pyrrole nitrogens is 1. The Labute approximate surface area is 178 Å². The highest BCUT2D eigenvalue weighted by molar-refractivity contribution is 8.00. The van der Waals surface area contributed by atoms with Crippen molar-refractivity contribution in [2.45, 2.75) is 23.8 Å². The zero-order valence-electron chi connectivity index (χ0n) is 17.0. The summed E-state index contributed by atoms with van der Waals surface area (Å²) in [5, 5.41) is 2.81. The van der Waals surface area contributed by atoms with Crippen molar-refractivity contribution in [3.63, 3.8) is 0 Å². The van der Waals surface area contributed by atoms with Crippen molar-refractivity contribution < 1.29 is 14.3 Å². The third kappa shape index (κ3) is 5.21. The first-order valence-corrected chi connectivity index (χ1v) is 10.3. The van der Waals surface area contributed by atoms with Crippen molar-refractivity contribution in [3.8, 4) is 22.8 Å². The number of hydrogen-bond donors (Lipinski definition) is 2. The van der Waals surface area contributed by atoms with E-state index < -0.39 is 5.25 Å². The van der Waals surface area contributed by atoms with Crippen LogP contribution in [0.4, 0.5) is 5.69 Å². The molecular weight excluding hydrogens is 402 g/mol. The van der Waals surface area contributed by atoms with Gasteiger partial charge in [0.2, 0.25) is 5.91 Å². The summed E-state index contributed by atoms with van der Waals surface area (Å²) in [5.41, 5.74) is 1.65. The zero-order chi connectivity index (χ0) is 21.5. The number of aromatic amines is 1. The molecule has 0 aliphatic carbocycles. The van der Waals surface area contributed by atoms with E-state index in [1.807, 2.05) is 37.3 Å². The summed E-state index contributed by atoms with van der Waals surface area (Å²) in [4.78, 5) is 32.3. The highest BCUT2D eigenvalue weighted by atomic mass is 32.2. The first-order chi connectivity index (χ1) is 14.5. The molecule has 0 radical (unpaired) electrons. The number of rotatable bonds is 8. The summed E-state index contributed by atoms with van der Waals surface area (Å²) >= 11 is 1.21. The Bertz CT molecular complexity index is 1070. The van der Waals surface area contributed by atoms with Crippen LogP contribution in [0.5, 0.6) is 11.5 Å². The molecule has 2 aromatic carbocycles. The Morgan fingerprint density at radius 2 is 1.90 bits per heavy atom. The van der Waals surface area contributed by atoms with Gasteiger partial charge in [0, 0.05) is 17.7 Å². The van der Waals surface area contributed by atoms with Crippen LogP contribution in [0.3, 0.4) is 0 Å². The maximum absolute atomic E-state index is 12.9. The molecule has 3 aromatic rings. The maximum atomic E-state index is 12.9. The van der Waals surface area contributed by atoms with E-state index in [9.17, 15) is 9.59 Å². The lowest BCUT2D eigenvalue weighted by Gasteiger charge is -2.16. The van der Waals surface area contributed by atoms with Gasteiger partial charge in [0.15, 0.2) is 5.16 Å². The Morgan fingerprint density at radius 1 is 1.13 bits per heavy atom. The topological polar surface area (TPSA) is 93.3 Å². The fourth-order valence-electron chi connectivity index (χ4n) is 2.83. The molecule has 1 heterocycles. The van der Waals surface area contributed by atoms with E-state index in [1.165, 1.54) is 24.9 Å². The predicted molar refractivity (Wildman–Crippen MR) is 118 cm³/mol.